The zero-order chi connectivity index (χ0) is 19.0. The van der Waals surface area contributed by atoms with Crippen molar-refractivity contribution in [1.82, 2.24) is 9.29 Å². The van der Waals surface area contributed by atoms with Crippen LogP contribution in [0.15, 0.2) is 59.6 Å². The van der Waals surface area contributed by atoms with Gasteiger partial charge in [0.1, 0.15) is 10.7 Å². The Morgan fingerprint density at radius 3 is 2.74 bits per heavy atom. The highest BCUT2D eigenvalue weighted by Crippen LogP contribution is 2.29. The van der Waals surface area contributed by atoms with E-state index in [-0.39, 0.29) is 30.4 Å². The van der Waals surface area contributed by atoms with Gasteiger partial charge in [0.2, 0.25) is 10.0 Å². The molecule has 1 atom stereocenters. The molecule has 1 unspecified atom stereocenters. The average molecular weight is 386 g/mol. The third-order valence-electron chi connectivity index (χ3n) is 4.70. The number of benzene rings is 2. The third kappa shape index (κ3) is 3.45. The Balaban J connectivity index is 1.68. The third-order valence-corrected chi connectivity index (χ3v) is 6.60. The number of sulfonamides is 1. The van der Waals surface area contributed by atoms with Gasteiger partial charge in [0.05, 0.1) is 18.2 Å². The summed E-state index contributed by atoms with van der Waals surface area (Å²) in [6.45, 7) is 2.64. The van der Waals surface area contributed by atoms with Gasteiger partial charge in [0.25, 0.3) is 0 Å². The molecule has 7 heteroatoms. The molecule has 1 saturated heterocycles. The number of aryl methyl sites for hydroxylation is 1. The highest BCUT2D eigenvalue weighted by molar-refractivity contribution is 7.89. The molecule has 0 spiro atoms. The Labute approximate surface area is 157 Å². The van der Waals surface area contributed by atoms with Crippen LogP contribution in [0.4, 0.5) is 4.39 Å². The number of fused-ring (bicyclic) bond motifs is 1. The molecule has 27 heavy (non-hydrogen) atoms. The van der Waals surface area contributed by atoms with Crippen LogP contribution in [0, 0.1) is 12.7 Å². The van der Waals surface area contributed by atoms with Crippen molar-refractivity contribution in [1.29, 1.82) is 0 Å². The van der Waals surface area contributed by atoms with Crippen molar-refractivity contribution in [3.8, 4) is 0 Å². The minimum atomic E-state index is -3.73. The van der Waals surface area contributed by atoms with Crippen LogP contribution in [0.25, 0.3) is 10.9 Å². The summed E-state index contributed by atoms with van der Waals surface area (Å²) in [4.78, 5) is 4.54. The molecule has 1 aromatic heterocycles. The van der Waals surface area contributed by atoms with Crippen molar-refractivity contribution in [2.45, 2.75) is 17.9 Å². The number of morpholine rings is 1. The fraction of sp³-hybridized carbons (Fsp3) is 0.250. The van der Waals surface area contributed by atoms with Gasteiger partial charge in [-0.25, -0.2) is 12.8 Å². The summed E-state index contributed by atoms with van der Waals surface area (Å²) in [5.74, 6) is -0.337. The second kappa shape index (κ2) is 6.99. The zero-order valence-electron chi connectivity index (χ0n) is 14.8. The summed E-state index contributed by atoms with van der Waals surface area (Å²) >= 11 is 0. The molecule has 140 valence electrons. The van der Waals surface area contributed by atoms with Crippen molar-refractivity contribution >= 4 is 20.9 Å². The van der Waals surface area contributed by atoms with E-state index in [1.807, 2.05) is 19.1 Å². The quantitative estimate of drug-likeness (QED) is 0.692. The predicted molar refractivity (Wildman–Crippen MR) is 100 cm³/mol. The van der Waals surface area contributed by atoms with E-state index in [9.17, 15) is 12.8 Å². The fourth-order valence-corrected chi connectivity index (χ4v) is 4.90. The summed E-state index contributed by atoms with van der Waals surface area (Å²) < 4.78 is 46.9. The highest BCUT2D eigenvalue weighted by Gasteiger charge is 2.32. The molecule has 0 saturated carbocycles. The monoisotopic (exact) mass is 386 g/mol. The number of ether oxygens (including phenoxy) is 1. The number of hydrogen-bond acceptors (Lipinski definition) is 4. The van der Waals surface area contributed by atoms with Crippen molar-refractivity contribution < 1.29 is 17.5 Å². The van der Waals surface area contributed by atoms with Crippen LogP contribution in [0.1, 0.15) is 17.2 Å². The van der Waals surface area contributed by atoms with Gasteiger partial charge < -0.3 is 4.74 Å². The Hall–Kier alpha value is -2.35. The minimum Gasteiger partial charge on any atom is -0.371 e. The lowest BCUT2D eigenvalue weighted by Crippen LogP contribution is -2.42. The van der Waals surface area contributed by atoms with Gasteiger partial charge in [-0.05, 0) is 42.3 Å². The summed E-state index contributed by atoms with van der Waals surface area (Å²) in [6, 6.07) is 13.0. The molecule has 0 radical (unpaired) electrons. The summed E-state index contributed by atoms with van der Waals surface area (Å²) in [7, 11) is -3.73. The summed E-state index contributed by atoms with van der Waals surface area (Å²) in [5, 5.41) is 0.791. The van der Waals surface area contributed by atoms with Gasteiger partial charge in [-0.15, -0.1) is 0 Å². The molecule has 3 aromatic rings. The highest BCUT2D eigenvalue weighted by atomic mass is 32.2. The molecular formula is C20H19FN2O3S. The van der Waals surface area contributed by atoms with E-state index >= 15 is 0 Å². The van der Waals surface area contributed by atoms with Crippen molar-refractivity contribution in [3.63, 3.8) is 0 Å². The number of nitrogens with zero attached hydrogens (tertiary/aromatic N) is 2. The van der Waals surface area contributed by atoms with Crippen LogP contribution in [-0.4, -0.2) is 37.4 Å². The zero-order valence-corrected chi connectivity index (χ0v) is 15.6. The predicted octanol–water partition coefficient (Wildman–Crippen LogP) is 3.44. The van der Waals surface area contributed by atoms with Gasteiger partial charge >= 0.3 is 0 Å². The Kier molecular flexibility index (Phi) is 4.67. The van der Waals surface area contributed by atoms with Crippen molar-refractivity contribution in [3.05, 3.63) is 71.7 Å². The van der Waals surface area contributed by atoms with Crippen LogP contribution < -0.4 is 0 Å². The molecule has 0 N–H and O–H groups in total. The fourth-order valence-electron chi connectivity index (χ4n) is 3.31. The maximum Gasteiger partial charge on any atom is 0.245 e. The second-order valence-corrected chi connectivity index (χ2v) is 8.52. The largest absolute Gasteiger partial charge is 0.371 e. The van der Waals surface area contributed by atoms with Gasteiger partial charge in [0.15, 0.2) is 0 Å². The second-order valence-electron chi connectivity index (χ2n) is 6.61. The lowest BCUT2D eigenvalue weighted by atomic mass is 10.1. The van der Waals surface area contributed by atoms with Crippen LogP contribution >= 0.6 is 0 Å². The average Bonchev–Trinajstić information content (AvgIpc) is 2.68. The van der Waals surface area contributed by atoms with Gasteiger partial charge in [0, 0.05) is 24.7 Å². The number of hydrogen-bond donors (Lipinski definition) is 0. The van der Waals surface area contributed by atoms with E-state index in [1.54, 1.807) is 30.5 Å². The van der Waals surface area contributed by atoms with Crippen molar-refractivity contribution in [2.24, 2.45) is 0 Å². The van der Waals surface area contributed by atoms with Gasteiger partial charge in [-0.1, -0.05) is 24.3 Å². The Bertz CT molecular complexity index is 1080. The number of aromatic nitrogens is 1. The topological polar surface area (TPSA) is 59.5 Å². The Morgan fingerprint density at radius 2 is 1.96 bits per heavy atom. The summed E-state index contributed by atoms with van der Waals surface area (Å²) in [5.41, 5.74) is 2.19. The van der Waals surface area contributed by atoms with E-state index in [1.165, 1.54) is 16.4 Å². The van der Waals surface area contributed by atoms with Crippen LogP contribution in [0.2, 0.25) is 0 Å². The molecule has 5 nitrogen and oxygen atoms in total. The smallest absolute Gasteiger partial charge is 0.245 e. The van der Waals surface area contributed by atoms with E-state index in [0.29, 0.717) is 5.52 Å². The van der Waals surface area contributed by atoms with Crippen molar-refractivity contribution in [2.75, 3.05) is 19.7 Å². The maximum absolute atomic E-state index is 13.3. The first-order valence-corrected chi connectivity index (χ1v) is 10.1. The number of halogens is 1. The molecule has 1 aliphatic heterocycles. The SMILES string of the molecule is Cc1cnc2c(S(=O)(=O)N3CCOC(c4ccc(F)cc4)C3)cccc2c1. The van der Waals surface area contributed by atoms with Crippen LogP contribution in [-0.2, 0) is 14.8 Å². The standard InChI is InChI=1S/C20H19FN2O3S/c1-14-11-16-3-2-4-19(20(16)22-12-14)27(24,25)23-9-10-26-18(13-23)15-5-7-17(21)8-6-15/h2-8,11-12,18H,9-10,13H2,1H3. The molecule has 1 fully saturated rings. The van der Waals surface area contributed by atoms with E-state index in [0.717, 1.165) is 16.5 Å². The van der Waals surface area contributed by atoms with E-state index < -0.39 is 16.1 Å². The lowest BCUT2D eigenvalue weighted by molar-refractivity contribution is -0.00256. The van der Waals surface area contributed by atoms with Gasteiger partial charge in [-0.3, -0.25) is 4.98 Å². The molecule has 2 heterocycles. The van der Waals surface area contributed by atoms with E-state index in [2.05, 4.69) is 4.98 Å². The normalized spacial score (nSPS) is 18.7. The minimum absolute atomic E-state index is 0.177. The first kappa shape index (κ1) is 18.0. The molecular weight excluding hydrogens is 367 g/mol. The van der Waals surface area contributed by atoms with Gasteiger partial charge in [-0.2, -0.15) is 4.31 Å². The molecule has 0 amide bonds. The molecule has 2 aromatic carbocycles. The number of para-hydroxylation sites is 1. The molecule has 0 aliphatic carbocycles. The summed E-state index contributed by atoms with van der Waals surface area (Å²) in [6.07, 6.45) is 1.24. The Morgan fingerprint density at radius 1 is 1.19 bits per heavy atom. The maximum atomic E-state index is 13.3. The molecule has 0 bridgehead atoms. The molecule has 4 rings (SSSR count). The number of pyridine rings is 1. The van der Waals surface area contributed by atoms with E-state index in [4.69, 9.17) is 4.74 Å². The van der Waals surface area contributed by atoms with Crippen LogP contribution in [0.5, 0.6) is 0 Å². The first-order valence-electron chi connectivity index (χ1n) is 8.68. The number of rotatable bonds is 3. The van der Waals surface area contributed by atoms with Crippen LogP contribution in [0.3, 0.4) is 0 Å². The molecule has 1 aliphatic rings. The first-order chi connectivity index (χ1) is 12.9. The lowest BCUT2D eigenvalue weighted by Gasteiger charge is -2.32.